The van der Waals surface area contributed by atoms with Crippen LogP contribution in [0.1, 0.15) is 38.3 Å². The second-order valence-corrected chi connectivity index (χ2v) is 13.7. The minimum Gasteiger partial charge on any atom is -0.457 e. The number of aryl methyl sites for hydroxylation is 1. The highest BCUT2D eigenvalue weighted by Gasteiger charge is 2.33. The summed E-state index contributed by atoms with van der Waals surface area (Å²) >= 11 is 3.47. The number of carbonyl (C=O) groups is 2. The molecule has 4 aromatic carbocycles. The van der Waals surface area contributed by atoms with E-state index in [4.69, 9.17) is 4.74 Å². The van der Waals surface area contributed by atoms with Gasteiger partial charge in [0.25, 0.3) is 10.0 Å². The molecule has 8 nitrogen and oxygen atoms in total. The van der Waals surface area contributed by atoms with E-state index in [1.807, 2.05) is 75.4 Å². The fourth-order valence-electron chi connectivity index (χ4n) is 4.55. The van der Waals surface area contributed by atoms with Crippen molar-refractivity contribution in [2.24, 2.45) is 0 Å². The Morgan fingerprint density at radius 3 is 2.13 bits per heavy atom. The van der Waals surface area contributed by atoms with Gasteiger partial charge in [-0.1, -0.05) is 70.9 Å². The number of para-hydroxylation sites is 1. The summed E-state index contributed by atoms with van der Waals surface area (Å²) in [5, 5.41) is 2.95. The maximum absolute atomic E-state index is 14.2. The van der Waals surface area contributed by atoms with Crippen LogP contribution < -0.4 is 14.4 Å². The molecule has 0 spiro atoms. The minimum absolute atomic E-state index is 0.0478. The van der Waals surface area contributed by atoms with Crippen LogP contribution >= 0.6 is 15.9 Å². The van der Waals surface area contributed by atoms with Gasteiger partial charge in [0.1, 0.15) is 24.1 Å². The standard InChI is InChI=1S/C35H38BrN3O5S/c1-5-26(3)37-35(41)27(4)38(23-28-10-9-11-29(36)22-28)34(40)24-39(45(42,43)33-20-14-25(2)15-21-33)30-16-18-32(19-17-30)44-31-12-7-6-8-13-31/h6-22,26-27H,5,23-24H2,1-4H3,(H,37,41)/t26-,27-/m1/s1. The van der Waals surface area contributed by atoms with Gasteiger partial charge in [-0.3, -0.25) is 13.9 Å². The van der Waals surface area contributed by atoms with Gasteiger partial charge in [-0.25, -0.2) is 8.42 Å². The third-order valence-corrected chi connectivity index (χ3v) is 9.68. The fraction of sp³-hybridized carbons (Fsp3) is 0.257. The van der Waals surface area contributed by atoms with E-state index in [9.17, 15) is 18.0 Å². The van der Waals surface area contributed by atoms with Gasteiger partial charge in [-0.05, 0) is 93.4 Å². The van der Waals surface area contributed by atoms with E-state index in [0.717, 1.165) is 26.3 Å². The Morgan fingerprint density at radius 1 is 0.867 bits per heavy atom. The SMILES string of the molecule is CC[C@@H](C)NC(=O)[C@@H](C)N(Cc1cccc(Br)c1)C(=O)CN(c1ccc(Oc2ccccc2)cc1)S(=O)(=O)c1ccc(C)cc1. The van der Waals surface area contributed by atoms with Crippen molar-refractivity contribution in [1.29, 1.82) is 0 Å². The minimum atomic E-state index is -4.18. The van der Waals surface area contributed by atoms with Crippen LogP contribution in [-0.2, 0) is 26.2 Å². The summed E-state index contributed by atoms with van der Waals surface area (Å²) in [6, 6.07) is 28.7. The number of benzene rings is 4. The van der Waals surface area contributed by atoms with Gasteiger partial charge in [0.05, 0.1) is 10.6 Å². The smallest absolute Gasteiger partial charge is 0.264 e. The summed E-state index contributed by atoms with van der Waals surface area (Å²) in [5.41, 5.74) is 1.97. The molecule has 1 N–H and O–H groups in total. The topological polar surface area (TPSA) is 96.0 Å². The van der Waals surface area contributed by atoms with Crippen molar-refractivity contribution >= 4 is 43.5 Å². The first-order valence-corrected chi connectivity index (χ1v) is 17.0. The molecule has 0 aromatic heterocycles. The number of rotatable bonds is 13. The van der Waals surface area contributed by atoms with E-state index in [0.29, 0.717) is 11.5 Å². The zero-order valence-electron chi connectivity index (χ0n) is 25.8. The highest BCUT2D eigenvalue weighted by molar-refractivity contribution is 9.10. The Bertz CT molecular complexity index is 1700. The van der Waals surface area contributed by atoms with Gasteiger partial charge in [0.2, 0.25) is 11.8 Å². The normalized spacial score (nSPS) is 12.6. The van der Waals surface area contributed by atoms with E-state index < -0.39 is 28.5 Å². The van der Waals surface area contributed by atoms with E-state index in [1.165, 1.54) is 17.0 Å². The van der Waals surface area contributed by atoms with Gasteiger partial charge in [0.15, 0.2) is 0 Å². The predicted octanol–water partition coefficient (Wildman–Crippen LogP) is 7.08. The van der Waals surface area contributed by atoms with E-state index >= 15 is 0 Å². The number of ether oxygens (including phenoxy) is 1. The molecule has 45 heavy (non-hydrogen) atoms. The molecule has 0 aliphatic carbocycles. The lowest BCUT2D eigenvalue weighted by molar-refractivity contribution is -0.139. The molecule has 0 unspecified atom stereocenters. The largest absolute Gasteiger partial charge is 0.457 e. The lowest BCUT2D eigenvalue weighted by atomic mass is 10.1. The number of hydrogen-bond acceptors (Lipinski definition) is 5. The van der Waals surface area contributed by atoms with Gasteiger partial charge < -0.3 is 15.0 Å². The third-order valence-electron chi connectivity index (χ3n) is 7.40. The van der Waals surface area contributed by atoms with Gasteiger partial charge in [-0.15, -0.1) is 0 Å². The molecule has 236 valence electrons. The number of nitrogens with one attached hydrogen (secondary N) is 1. The first-order chi connectivity index (χ1) is 21.5. The molecular formula is C35H38BrN3O5S. The average Bonchev–Trinajstić information content (AvgIpc) is 3.03. The van der Waals surface area contributed by atoms with Gasteiger partial charge in [0, 0.05) is 17.1 Å². The number of hydrogen-bond donors (Lipinski definition) is 1. The molecule has 0 saturated heterocycles. The van der Waals surface area contributed by atoms with E-state index in [-0.39, 0.29) is 29.1 Å². The molecule has 2 amide bonds. The number of sulfonamides is 1. The third kappa shape index (κ3) is 8.95. The number of carbonyl (C=O) groups excluding carboxylic acids is 2. The van der Waals surface area contributed by atoms with Crippen LogP contribution in [0.2, 0.25) is 0 Å². The Kier molecular flexibility index (Phi) is 11.4. The Hall–Kier alpha value is -4.15. The van der Waals surface area contributed by atoms with Crippen molar-refractivity contribution in [3.63, 3.8) is 0 Å². The molecule has 0 aliphatic heterocycles. The maximum Gasteiger partial charge on any atom is 0.264 e. The maximum atomic E-state index is 14.2. The fourth-order valence-corrected chi connectivity index (χ4v) is 6.41. The number of nitrogens with zero attached hydrogens (tertiary/aromatic N) is 2. The van der Waals surface area contributed by atoms with Crippen molar-refractivity contribution < 1.29 is 22.7 Å². The van der Waals surface area contributed by atoms with Crippen molar-refractivity contribution in [1.82, 2.24) is 10.2 Å². The van der Waals surface area contributed by atoms with Crippen LogP contribution in [0, 0.1) is 6.92 Å². The molecular weight excluding hydrogens is 654 g/mol. The number of amides is 2. The van der Waals surface area contributed by atoms with Crippen molar-refractivity contribution in [2.45, 2.75) is 57.6 Å². The van der Waals surface area contributed by atoms with Crippen LogP contribution in [0.15, 0.2) is 112 Å². The van der Waals surface area contributed by atoms with Crippen molar-refractivity contribution in [3.8, 4) is 11.5 Å². The summed E-state index contributed by atoms with van der Waals surface area (Å²) in [7, 11) is -4.18. The van der Waals surface area contributed by atoms with E-state index in [2.05, 4.69) is 21.2 Å². The zero-order valence-corrected chi connectivity index (χ0v) is 28.2. The summed E-state index contributed by atoms with van der Waals surface area (Å²) in [5.74, 6) is 0.304. The second kappa shape index (κ2) is 15.2. The molecule has 0 fully saturated rings. The van der Waals surface area contributed by atoms with E-state index in [1.54, 1.807) is 43.3 Å². The zero-order chi connectivity index (χ0) is 32.6. The lowest BCUT2D eigenvalue weighted by Crippen LogP contribution is -2.52. The van der Waals surface area contributed by atoms with Crippen LogP contribution in [-0.4, -0.2) is 43.8 Å². The molecule has 4 rings (SSSR count). The van der Waals surface area contributed by atoms with Crippen LogP contribution in [0.3, 0.4) is 0 Å². The second-order valence-electron chi connectivity index (χ2n) is 10.9. The molecule has 0 bridgehead atoms. The van der Waals surface area contributed by atoms with Crippen molar-refractivity contribution in [2.75, 3.05) is 10.8 Å². The van der Waals surface area contributed by atoms with Crippen molar-refractivity contribution in [3.05, 3.63) is 119 Å². The quantitative estimate of drug-likeness (QED) is 0.162. The number of anilines is 1. The van der Waals surface area contributed by atoms with Crippen LogP contribution in [0.4, 0.5) is 5.69 Å². The molecule has 0 aliphatic rings. The summed E-state index contributed by atoms with van der Waals surface area (Å²) in [4.78, 5) is 28.9. The predicted molar refractivity (Wildman–Crippen MR) is 181 cm³/mol. The molecule has 0 saturated carbocycles. The lowest BCUT2D eigenvalue weighted by Gasteiger charge is -2.32. The Morgan fingerprint density at radius 2 is 1.51 bits per heavy atom. The molecule has 10 heteroatoms. The first-order valence-electron chi connectivity index (χ1n) is 14.7. The highest BCUT2D eigenvalue weighted by atomic mass is 79.9. The molecule has 4 aromatic rings. The summed E-state index contributed by atoms with van der Waals surface area (Å²) in [6.07, 6.45) is 0.727. The van der Waals surface area contributed by atoms with Crippen LogP contribution in [0.5, 0.6) is 11.5 Å². The van der Waals surface area contributed by atoms with Gasteiger partial charge >= 0.3 is 0 Å². The monoisotopic (exact) mass is 691 g/mol. The molecule has 2 atom stereocenters. The molecule has 0 radical (unpaired) electrons. The van der Waals surface area contributed by atoms with Gasteiger partial charge in [-0.2, -0.15) is 0 Å². The average molecular weight is 693 g/mol. The van der Waals surface area contributed by atoms with Crippen LogP contribution in [0.25, 0.3) is 0 Å². The Balaban J connectivity index is 1.70. The highest BCUT2D eigenvalue weighted by Crippen LogP contribution is 2.29. The Labute approximate surface area is 274 Å². The number of halogens is 1. The summed E-state index contributed by atoms with van der Waals surface area (Å²) < 4.78 is 36.0. The summed E-state index contributed by atoms with van der Waals surface area (Å²) in [6.45, 7) is 6.97. The molecule has 0 heterocycles. The first kappa shape index (κ1) is 33.7.